The second kappa shape index (κ2) is 11.2. The number of aliphatic carboxylic acids is 1. The molecule has 3 aliphatic rings. The number of nitrogens with zero attached hydrogens (tertiary/aromatic N) is 2. The minimum atomic E-state index is -1.13. The van der Waals surface area contributed by atoms with Crippen LogP contribution in [0.5, 0.6) is 0 Å². The zero-order chi connectivity index (χ0) is 28.4. The first-order chi connectivity index (χ1) is 19.1. The number of ether oxygens (including phenoxy) is 1. The third-order valence-corrected chi connectivity index (χ3v) is 7.58. The molecule has 2 aromatic rings. The van der Waals surface area contributed by atoms with Crippen molar-refractivity contribution >= 4 is 29.8 Å². The summed E-state index contributed by atoms with van der Waals surface area (Å²) in [5.41, 5.74) is 5.04. The Morgan fingerprint density at radius 2 is 1.80 bits per heavy atom. The fourth-order valence-electron chi connectivity index (χ4n) is 5.47. The van der Waals surface area contributed by atoms with Gasteiger partial charge in [0, 0.05) is 17.5 Å². The number of rotatable bonds is 1. The van der Waals surface area contributed by atoms with E-state index in [1.54, 1.807) is 0 Å². The van der Waals surface area contributed by atoms with Crippen LogP contribution >= 0.6 is 0 Å². The van der Waals surface area contributed by atoms with Crippen LogP contribution in [0.15, 0.2) is 53.7 Å². The maximum Gasteiger partial charge on any atom is 0.407 e. The molecule has 3 atom stereocenters. The van der Waals surface area contributed by atoms with Crippen molar-refractivity contribution < 1.29 is 29.1 Å². The predicted molar refractivity (Wildman–Crippen MR) is 151 cm³/mol. The molecule has 1 saturated heterocycles. The lowest BCUT2D eigenvalue weighted by atomic mass is 9.85. The normalized spacial score (nSPS) is 23.4. The highest BCUT2D eigenvalue weighted by Crippen LogP contribution is 2.38. The van der Waals surface area contributed by atoms with Crippen LogP contribution in [0.2, 0.25) is 0 Å². The van der Waals surface area contributed by atoms with Crippen LogP contribution in [0.25, 0.3) is 17.2 Å². The smallest absolute Gasteiger partial charge is 0.407 e. The number of amides is 2. The van der Waals surface area contributed by atoms with E-state index in [2.05, 4.69) is 40.8 Å². The van der Waals surface area contributed by atoms with Gasteiger partial charge in [0.25, 0.3) is 0 Å². The third kappa shape index (κ3) is 5.59. The zero-order valence-electron chi connectivity index (χ0n) is 23.1. The SMILES string of the molecule is CC(C)(C)[C@@H]1NC(=O)OCCCCC=Cc2ccc3c(c2)C(=NO[C@@H]2C[C@@H](C(=O)O)N(C2)C1=O)c1ccccc1-3. The summed E-state index contributed by atoms with van der Waals surface area (Å²) < 4.78 is 5.35. The van der Waals surface area contributed by atoms with Crippen LogP contribution in [0, 0.1) is 5.41 Å². The van der Waals surface area contributed by atoms with Gasteiger partial charge in [-0.05, 0) is 47.4 Å². The van der Waals surface area contributed by atoms with E-state index in [-0.39, 0.29) is 19.6 Å². The lowest BCUT2D eigenvalue weighted by molar-refractivity contribution is -0.150. The molecule has 2 amide bonds. The maximum atomic E-state index is 13.7. The van der Waals surface area contributed by atoms with E-state index in [9.17, 15) is 19.5 Å². The number of oxime groups is 1. The minimum Gasteiger partial charge on any atom is -0.480 e. The molecule has 0 unspecified atom stereocenters. The molecule has 2 N–H and O–H groups in total. The van der Waals surface area contributed by atoms with Crippen LogP contribution in [0.1, 0.15) is 63.1 Å². The van der Waals surface area contributed by atoms with E-state index >= 15 is 0 Å². The topological polar surface area (TPSA) is 118 Å². The van der Waals surface area contributed by atoms with Crippen LogP contribution in [-0.2, 0) is 19.2 Å². The Kier molecular flexibility index (Phi) is 7.65. The molecule has 210 valence electrons. The van der Waals surface area contributed by atoms with Gasteiger partial charge in [0.05, 0.1) is 13.2 Å². The Labute approximate surface area is 233 Å². The fraction of sp³-hybridized carbons (Fsp3) is 0.419. The summed E-state index contributed by atoms with van der Waals surface area (Å²) in [7, 11) is 0. The first-order valence-electron chi connectivity index (χ1n) is 13.7. The molecule has 2 aliphatic heterocycles. The molecule has 1 fully saturated rings. The minimum absolute atomic E-state index is 0.0349. The van der Waals surface area contributed by atoms with Crippen molar-refractivity contribution in [3.05, 3.63) is 65.2 Å². The number of nitrogens with one attached hydrogen (secondary N) is 1. The number of hydrogen-bond acceptors (Lipinski definition) is 6. The Balaban J connectivity index is 1.51. The van der Waals surface area contributed by atoms with Gasteiger partial charge >= 0.3 is 12.1 Å². The van der Waals surface area contributed by atoms with Crippen LogP contribution in [0.4, 0.5) is 4.79 Å². The molecular weight excluding hydrogens is 510 g/mol. The third-order valence-electron chi connectivity index (χ3n) is 7.58. The van der Waals surface area contributed by atoms with Gasteiger partial charge in [-0.15, -0.1) is 0 Å². The van der Waals surface area contributed by atoms with Gasteiger partial charge in [0.2, 0.25) is 5.91 Å². The van der Waals surface area contributed by atoms with Crippen molar-refractivity contribution in [2.45, 2.75) is 64.6 Å². The molecule has 40 heavy (non-hydrogen) atoms. The molecule has 4 bridgehead atoms. The lowest BCUT2D eigenvalue weighted by Gasteiger charge is -2.34. The summed E-state index contributed by atoms with van der Waals surface area (Å²) in [6, 6.07) is 12.1. The number of alkyl carbamates (subject to hydrolysis) is 1. The molecule has 2 heterocycles. The van der Waals surface area contributed by atoms with Gasteiger partial charge in [0.15, 0.2) is 0 Å². The van der Waals surface area contributed by atoms with Crippen molar-refractivity contribution in [3.63, 3.8) is 0 Å². The Morgan fingerprint density at radius 1 is 1.05 bits per heavy atom. The molecule has 9 heteroatoms. The van der Waals surface area contributed by atoms with Crippen LogP contribution in [0.3, 0.4) is 0 Å². The van der Waals surface area contributed by atoms with E-state index < -0.39 is 41.6 Å². The molecule has 0 saturated carbocycles. The second-order valence-corrected chi connectivity index (χ2v) is 11.6. The number of cyclic esters (lactones) is 1. The van der Waals surface area contributed by atoms with Gasteiger partial charge in [0.1, 0.15) is 23.9 Å². The largest absolute Gasteiger partial charge is 0.480 e. The Bertz CT molecular complexity index is 1380. The van der Waals surface area contributed by atoms with Crippen molar-refractivity contribution in [3.8, 4) is 11.1 Å². The van der Waals surface area contributed by atoms with Crippen molar-refractivity contribution in [2.75, 3.05) is 13.2 Å². The number of fused-ring (bicyclic) bond motifs is 6. The average Bonchev–Trinajstić information content (AvgIpc) is 3.48. The summed E-state index contributed by atoms with van der Waals surface area (Å²) in [5.74, 6) is -1.62. The fourth-order valence-corrected chi connectivity index (χ4v) is 5.47. The van der Waals surface area contributed by atoms with E-state index in [1.807, 2.05) is 45.0 Å². The second-order valence-electron chi connectivity index (χ2n) is 11.6. The molecular formula is C31H35N3O6. The molecule has 5 rings (SSSR count). The standard InChI is InChI=1S/C31H35N3O6/c1-31(2,3)27-28(35)34-18-20(17-25(34)29(36)37)40-33-26-23-12-8-7-11-21(23)22-14-13-19(16-24(22)26)10-6-4-5-9-15-39-30(38)32-27/h6-8,10-14,16,20,25,27H,4-5,9,15,17-18H2,1-3H3,(H,32,38)(H,36,37)/t20-,25+,27-/m1/s1. The monoisotopic (exact) mass is 545 g/mol. The average molecular weight is 546 g/mol. The number of carboxylic acid groups (broad SMARTS) is 1. The number of allylic oxidation sites excluding steroid dienone is 1. The number of benzene rings is 2. The van der Waals surface area contributed by atoms with E-state index in [0.717, 1.165) is 40.7 Å². The van der Waals surface area contributed by atoms with E-state index in [1.165, 1.54) is 4.90 Å². The molecule has 1 aliphatic carbocycles. The Hall–Kier alpha value is -4.14. The lowest BCUT2D eigenvalue weighted by Crippen LogP contribution is -2.56. The van der Waals surface area contributed by atoms with E-state index in [4.69, 9.17) is 9.57 Å². The number of carboxylic acids is 1. The van der Waals surface area contributed by atoms with Crippen molar-refractivity contribution in [1.82, 2.24) is 10.2 Å². The van der Waals surface area contributed by atoms with Crippen LogP contribution in [-0.4, -0.2) is 65.0 Å². The first kappa shape index (κ1) is 27.4. The molecule has 0 aromatic heterocycles. The van der Waals surface area contributed by atoms with Gasteiger partial charge in [-0.1, -0.05) is 74.5 Å². The van der Waals surface area contributed by atoms with Crippen LogP contribution < -0.4 is 5.32 Å². The molecule has 0 radical (unpaired) electrons. The summed E-state index contributed by atoms with van der Waals surface area (Å²) in [4.78, 5) is 45.7. The van der Waals surface area contributed by atoms with Crippen molar-refractivity contribution in [1.29, 1.82) is 0 Å². The zero-order valence-corrected chi connectivity index (χ0v) is 23.1. The summed E-state index contributed by atoms with van der Waals surface area (Å²) in [6.45, 7) is 5.70. The maximum absolute atomic E-state index is 13.7. The number of carbonyl (C=O) groups excluding carboxylic acids is 2. The molecule has 0 spiro atoms. The van der Waals surface area contributed by atoms with Gasteiger partial charge in [-0.2, -0.15) is 0 Å². The summed E-state index contributed by atoms with van der Waals surface area (Å²) in [6.07, 6.45) is 5.25. The first-order valence-corrected chi connectivity index (χ1v) is 13.7. The number of carbonyl (C=O) groups is 3. The highest BCUT2D eigenvalue weighted by molar-refractivity contribution is 6.24. The quantitative estimate of drug-likeness (QED) is 0.452. The van der Waals surface area contributed by atoms with Crippen molar-refractivity contribution in [2.24, 2.45) is 10.6 Å². The van der Waals surface area contributed by atoms with Gasteiger partial charge < -0.3 is 24.9 Å². The Morgan fingerprint density at radius 3 is 2.55 bits per heavy atom. The predicted octanol–water partition coefficient (Wildman–Crippen LogP) is 4.83. The van der Waals surface area contributed by atoms with Gasteiger partial charge in [-0.3, -0.25) is 4.79 Å². The highest BCUT2D eigenvalue weighted by Gasteiger charge is 2.46. The highest BCUT2D eigenvalue weighted by atomic mass is 16.6. The van der Waals surface area contributed by atoms with Gasteiger partial charge in [-0.25, -0.2) is 9.59 Å². The number of hydrogen-bond donors (Lipinski definition) is 2. The molecule has 2 aromatic carbocycles. The van der Waals surface area contributed by atoms with E-state index in [0.29, 0.717) is 12.1 Å². The molecule has 9 nitrogen and oxygen atoms in total. The summed E-state index contributed by atoms with van der Waals surface area (Å²) in [5, 5.41) is 17.2. The summed E-state index contributed by atoms with van der Waals surface area (Å²) >= 11 is 0.